The van der Waals surface area contributed by atoms with Crippen molar-refractivity contribution < 1.29 is 34.1 Å². The van der Waals surface area contributed by atoms with Gasteiger partial charge in [-0.05, 0) is 6.42 Å². The van der Waals surface area contributed by atoms with Crippen molar-refractivity contribution in [3.05, 3.63) is 0 Å². The molecule has 10 heteroatoms. The molecule has 0 spiro atoms. The fourth-order valence-corrected chi connectivity index (χ4v) is 1.89. The Bertz CT molecular complexity index is 407. The Labute approximate surface area is 153 Å². The van der Waals surface area contributed by atoms with Gasteiger partial charge in [-0.25, -0.2) is 0 Å². The van der Waals surface area contributed by atoms with Gasteiger partial charge in [0.05, 0.1) is 39.6 Å². The second kappa shape index (κ2) is 16.7. The molecule has 0 saturated carbocycles. The van der Waals surface area contributed by atoms with E-state index in [4.69, 9.17) is 19.7 Å². The van der Waals surface area contributed by atoms with Gasteiger partial charge >= 0.3 is 0 Å². The highest BCUT2D eigenvalue weighted by atomic mass is 16.5. The maximum absolute atomic E-state index is 12.2. The zero-order valence-corrected chi connectivity index (χ0v) is 15.3. The normalized spacial score (nSPS) is 11.7. The number of carbonyl (C=O) groups excluding carboxylic acids is 3. The molecule has 5 N–H and O–H groups in total. The summed E-state index contributed by atoms with van der Waals surface area (Å²) >= 11 is 0. The first kappa shape index (κ1) is 24.2. The number of ether oxygens (including phenoxy) is 2. The Hall–Kier alpha value is -1.75. The van der Waals surface area contributed by atoms with Crippen LogP contribution >= 0.6 is 0 Å². The molecule has 0 radical (unpaired) electrons. The minimum atomic E-state index is -0.809. The van der Waals surface area contributed by atoms with E-state index in [0.717, 1.165) is 0 Å². The summed E-state index contributed by atoms with van der Waals surface area (Å²) in [6.45, 7) is 2.98. The second-order valence-electron chi connectivity index (χ2n) is 5.33. The zero-order chi connectivity index (χ0) is 19.6. The summed E-state index contributed by atoms with van der Waals surface area (Å²) in [5, 5.41) is 25.0. The minimum absolute atomic E-state index is 0.0725. The molecule has 0 fully saturated rings. The lowest BCUT2D eigenvalue weighted by atomic mass is 10.1. The first-order valence-corrected chi connectivity index (χ1v) is 8.76. The Kier molecular flexibility index (Phi) is 15.6. The highest BCUT2D eigenvalue weighted by molar-refractivity contribution is 5.88. The predicted octanol–water partition coefficient (Wildman–Crippen LogP) is -2.09. The number of aliphatic hydroxyl groups excluding tert-OH is 2. The van der Waals surface area contributed by atoms with Gasteiger partial charge in [0.25, 0.3) is 0 Å². The molecular formula is C16H31N3O7. The van der Waals surface area contributed by atoms with E-state index in [9.17, 15) is 14.4 Å². The van der Waals surface area contributed by atoms with Gasteiger partial charge in [-0.2, -0.15) is 0 Å². The minimum Gasteiger partial charge on any atom is -0.394 e. The van der Waals surface area contributed by atoms with Crippen LogP contribution < -0.4 is 16.0 Å². The number of hydrogen-bond acceptors (Lipinski definition) is 7. The van der Waals surface area contributed by atoms with Crippen molar-refractivity contribution in [1.82, 2.24) is 16.0 Å². The van der Waals surface area contributed by atoms with Crippen molar-refractivity contribution in [2.75, 3.05) is 52.7 Å². The van der Waals surface area contributed by atoms with E-state index in [1.165, 1.54) is 0 Å². The van der Waals surface area contributed by atoms with Crippen LogP contribution in [0.1, 0.15) is 26.2 Å². The fourth-order valence-electron chi connectivity index (χ4n) is 1.89. The number of hydrogen-bond donors (Lipinski definition) is 5. The third-order valence-corrected chi connectivity index (χ3v) is 3.22. The number of nitrogens with one attached hydrogen (secondary N) is 3. The van der Waals surface area contributed by atoms with Gasteiger partial charge in [0.1, 0.15) is 6.04 Å². The van der Waals surface area contributed by atoms with E-state index in [0.29, 0.717) is 6.54 Å². The monoisotopic (exact) mass is 377 g/mol. The Morgan fingerprint density at radius 1 is 0.885 bits per heavy atom. The van der Waals surface area contributed by atoms with Crippen molar-refractivity contribution >= 4 is 17.7 Å². The summed E-state index contributed by atoms with van der Waals surface area (Å²) in [4.78, 5) is 35.5. The average molecular weight is 377 g/mol. The van der Waals surface area contributed by atoms with Gasteiger partial charge in [-0.15, -0.1) is 0 Å². The zero-order valence-electron chi connectivity index (χ0n) is 15.3. The lowest BCUT2D eigenvalue weighted by Crippen LogP contribution is -2.47. The third kappa shape index (κ3) is 13.5. The molecule has 0 aliphatic rings. The van der Waals surface area contributed by atoms with Gasteiger partial charge in [0.2, 0.25) is 17.7 Å². The maximum Gasteiger partial charge on any atom is 0.242 e. The average Bonchev–Trinajstić information content (AvgIpc) is 2.64. The standard InChI is InChI=1S/C16H31N3O7/c1-2-14(22)19-13(16(24)18-6-10-26-12-8-21)3-4-15(23)17-5-9-25-11-7-20/h13,20-21H,2-12H2,1H3,(H,17,23)(H,18,24)(H,19,22)/t13-/m0/s1. The van der Waals surface area contributed by atoms with Crippen LogP contribution in [0.4, 0.5) is 0 Å². The van der Waals surface area contributed by atoms with E-state index >= 15 is 0 Å². The van der Waals surface area contributed by atoms with Gasteiger partial charge < -0.3 is 35.6 Å². The molecule has 0 unspecified atom stereocenters. The van der Waals surface area contributed by atoms with Crippen LogP contribution in [0.3, 0.4) is 0 Å². The lowest BCUT2D eigenvalue weighted by molar-refractivity contribution is -0.129. The van der Waals surface area contributed by atoms with E-state index < -0.39 is 11.9 Å². The first-order valence-electron chi connectivity index (χ1n) is 8.76. The summed E-state index contributed by atoms with van der Waals surface area (Å²) in [5.74, 6) is -0.926. The summed E-state index contributed by atoms with van der Waals surface area (Å²) in [6, 6.07) is -0.809. The Balaban J connectivity index is 4.21. The number of carbonyl (C=O) groups is 3. The predicted molar refractivity (Wildman–Crippen MR) is 93.3 cm³/mol. The summed E-state index contributed by atoms with van der Waals surface area (Å²) in [5.41, 5.74) is 0. The van der Waals surface area contributed by atoms with Crippen molar-refractivity contribution in [3.8, 4) is 0 Å². The maximum atomic E-state index is 12.2. The van der Waals surface area contributed by atoms with E-state index in [-0.39, 0.29) is 77.3 Å². The quantitative estimate of drug-likeness (QED) is 0.194. The van der Waals surface area contributed by atoms with Crippen molar-refractivity contribution in [1.29, 1.82) is 0 Å². The molecule has 26 heavy (non-hydrogen) atoms. The molecule has 0 heterocycles. The molecule has 3 amide bonds. The van der Waals surface area contributed by atoms with Crippen molar-refractivity contribution in [3.63, 3.8) is 0 Å². The van der Waals surface area contributed by atoms with Crippen LogP contribution in [0.15, 0.2) is 0 Å². The number of rotatable bonds is 16. The van der Waals surface area contributed by atoms with Crippen molar-refractivity contribution in [2.24, 2.45) is 0 Å². The van der Waals surface area contributed by atoms with Gasteiger partial charge in [0, 0.05) is 25.9 Å². The fraction of sp³-hybridized carbons (Fsp3) is 0.812. The third-order valence-electron chi connectivity index (χ3n) is 3.22. The van der Waals surface area contributed by atoms with E-state index in [2.05, 4.69) is 16.0 Å². The van der Waals surface area contributed by atoms with Gasteiger partial charge in [-0.1, -0.05) is 6.92 Å². The first-order chi connectivity index (χ1) is 12.5. The molecule has 0 rings (SSSR count). The Morgan fingerprint density at radius 3 is 2.00 bits per heavy atom. The lowest BCUT2D eigenvalue weighted by Gasteiger charge is -2.18. The molecular weight excluding hydrogens is 346 g/mol. The molecule has 0 bridgehead atoms. The van der Waals surface area contributed by atoms with Crippen LogP contribution in [0, 0.1) is 0 Å². The van der Waals surface area contributed by atoms with E-state index in [1.807, 2.05) is 0 Å². The van der Waals surface area contributed by atoms with Crippen LogP contribution in [-0.4, -0.2) is 86.7 Å². The number of amides is 3. The van der Waals surface area contributed by atoms with Gasteiger partial charge in [-0.3, -0.25) is 14.4 Å². The molecule has 0 aromatic rings. The molecule has 0 aliphatic heterocycles. The number of aliphatic hydroxyl groups is 2. The smallest absolute Gasteiger partial charge is 0.242 e. The molecule has 10 nitrogen and oxygen atoms in total. The molecule has 1 atom stereocenters. The molecule has 0 saturated heterocycles. The molecule has 152 valence electrons. The Morgan fingerprint density at radius 2 is 1.46 bits per heavy atom. The molecule has 0 aromatic carbocycles. The van der Waals surface area contributed by atoms with E-state index in [1.54, 1.807) is 6.92 Å². The highest BCUT2D eigenvalue weighted by Crippen LogP contribution is 1.99. The second-order valence-corrected chi connectivity index (χ2v) is 5.33. The SMILES string of the molecule is CCC(=O)N[C@@H](CCC(=O)NCCOCCO)C(=O)NCCOCCO. The largest absolute Gasteiger partial charge is 0.394 e. The van der Waals surface area contributed by atoms with Crippen LogP contribution in [0.5, 0.6) is 0 Å². The summed E-state index contributed by atoms with van der Waals surface area (Å²) in [7, 11) is 0. The molecule has 0 aromatic heterocycles. The van der Waals surface area contributed by atoms with Crippen molar-refractivity contribution in [2.45, 2.75) is 32.2 Å². The van der Waals surface area contributed by atoms with Gasteiger partial charge in [0.15, 0.2) is 0 Å². The van der Waals surface area contributed by atoms with Crippen LogP contribution in [0.2, 0.25) is 0 Å². The molecule has 0 aliphatic carbocycles. The summed E-state index contributed by atoms with van der Waals surface area (Å²) < 4.78 is 10.1. The summed E-state index contributed by atoms with van der Waals surface area (Å²) in [6.07, 6.45) is 0.472. The topological polar surface area (TPSA) is 146 Å². The van der Waals surface area contributed by atoms with Crippen LogP contribution in [0.25, 0.3) is 0 Å². The van der Waals surface area contributed by atoms with Crippen LogP contribution in [-0.2, 0) is 23.9 Å². The highest BCUT2D eigenvalue weighted by Gasteiger charge is 2.20.